The van der Waals surface area contributed by atoms with Gasteiger partial charge in [-0.15, -0.1) is 0 Å². The van der Waals surface area contributed by atoms with E-state index >= 15 is 0 Å². The lowest BCUT2D eigenvalue weighted by Gasteiger charge is -2.28. The SMILES string of the molecule is NC(=O)c1ccc(CN(CCO)C2CCCC2)cc1. The second-order valence-electron chi connectivity index (χ2n) is 5.19. The van der Waals surface area contributed by atoms with Crippen LogP contribution in [0, 0.1) is 0 Å². The van der Waals surface area contributed by atoms with Crippen molar-refractivity contribution in [1.82, 2.24) is 4.90 Å². The molecule has 1 amide bonds. The number of nitrogens with two attached hydrogens (primary N) is 1. The summed E-state index contributed by atoms with van der Waals surface area (Å²) >= 11 is 0. The molecule has 1 aromatic rings. The van der Waals surface area contributed by atoms with Crippen LogP contribution in [0.1, 0.15) is 41.6 Å². The zero-order chi connectivity index (χ0) is 13.7. The van der Waals surface area contributed by atoms with Gasteiger partial charge in [0.05, 0.1) is 6.61 Å². The minimum Gasteiger partial charge on any atom is -0.395 e. The normalized spacial score (nSPS) is 16.1. The Balaban J connectivity index is 2.01. The highest BCUT2D eigenvalue weighted by molar-refractivity contribution is 5.92. The molecule has 1 aromatic carbocycles. The van der Waals surface area contributed by atoms with Gasteiger partial charge in [0.1, 0.15) is 0 Å². The second-order valence-corrected chi connectivity index (χ2v) is 5.19. The Kier molecular flexibility index (Phi) is 4.93. The van der Waals surface area contributed by atoms with Crippen molar-refractivity contribution in [2.24, 2.45) is 5.73 Å². The lowest BCUT2D eigenvalue weighted by Crippen LogP contribution is -2.35. The van der Waals surface area contributed by atoms with Gasteiger partial charge < -0.3 is 10.8 Å². The molecule has 1 saturated carbocycles. The molecule has 0 spiro atoms. The van der Waals surface area contributed by atoms with Crippen LogP contribution < -0.4 is 5.73 Å². The minimum absolute atomic E-state index is 0.190. The third-order valence-corrected chi connectivity index (χ3v) is 3.85. The van der Waals surface area contributed by atoms with Crippen LogP contribution in [0.5, 0.6) is 0 Å². The summed E-state index contributed by atoms with van der Waals surface area (Å²) in [6, 6.07) is 8.01. The van der Waals surface area contributed by atoms with E-state index in [-0.39, 0.29) is 6.61 Å². The molecule has 0 heterocycles. The summed E-state index contributed by atoms with van der Waals surface area (Å²) in [4.78, 5) is 13.4. The predicted octanol–water partition coefficient (Wildman–Crippen LogP) is 1.52. The van der Waals surface area contributed by atoms with Gasteiger partial charge >= 0.3 is 0 Å². The first-order chi connectivity index (χ1) is 9.20. The van der Waals surface area contributed by atoms with Crippen molar-refractivity contribution >= 4 is 5.91 Å². The Bertz CT molecular complexity index is 411. The molecule has 1 aliphatic rings. The molecule has 0 atom stereocenters. The fourth-order valence-corrected chi connectivity index (χ4v) is 2.80. The average molecular weight is 262 g/mol. The lowest BCUT2D eigenvalue weighted by molar-refractivity contribution is 0.1000. The van der Waals surface area contributed by atoms with E-state index in [0.29, 0.717) is 18.2 Å². The van der Waals surface area contributed by atoms with Gasteiger partial charge in [-0.2, -0.15) is 0 Å². The van der Waals surface area contributed by atoms with Crippen molar-refractivity contribution in [3.05, 3.63) is 35.4 Å². The van der Waals surface area contributed by atoms with Gasteiger partial charge in [0, 0.05) is 24.7 Å². The first-order valence-corrected chi connectivity index (χ1v) is 6.94. The van der Waals surface area contributed by atoms with Crippen molar-refractivity contribution < 1.29 is 9.90 Å². The van der Waals surface area contributed by atoms with Gasteiger partial charge in [-0.25, -0.2) is 0 Å². The van der Waals surface area contributed by atoms with Crippen molar-refractivity contribution in [2.75, 3.05) is 13.2 Å². The van der Waals surface area contributed by atoms with Crippen LogP contribution in [0.15, 0.2) is 24.3 Å². The number of carbonyl (C=O) groups excluding carboxylic acids is 1. The molecule has 0 unspecified atom stereocenters. The number of nitrogens with zero attached hydrogens (tertiary/aromatic N) is 1. The summed E-state index contributed by atoms with van der Waals surface area (Å²) < 4.78 is 0. The quantitative estimate of drug-likeness (QED) is 0.817. The molecule has 0 aromatic heterocycles. The van der Waals surface area contributed by atoms with Gasteiger partial charge in [0.25, 0.3) is 0 Å². The van der Waals surface area contributed by atoms with E-state index in [1.54, 1.807) is 12.1 Å². The van der Waals surface area contributed by atoms with Gasteiger partial charge in [-0.1, -0.05) is 25.0 Å². The molecule has 3 N–H and O–H groups in total. The summed E-state index contributed by atoms with van der Waals surface area (Å²) in [5, 5.41) is 9.19. The van der Waals surface area contributed by atoms with E-state index in [9.17, 15) is 9.90 Å². The summed E-state index contributed by atoms with van der Waals surface area (Å²) in [6.45, 7) is 1.72. The maximum atomic E-state index is 11.0. The van der Waals surface area contributed by atoms with Crippen LogP contribution in [0.2, 0.25) is 0 Å². The Morgan fingerprint density at radius 1 is 1.26 bits per heavy atom. The molecular formula is C15H22N2O2. The van der Waals surface area contributed by atoms with Crippen LogP contribution >= 0.6 is 0 Å². The molecule has 4 nitrogen and oxygen atoms in total. The molecule has 4 heteroatoms. The molecule has 0 radical (unpaired) electrons. The summed E-state index contributed by atoms with van der Waals surface area (Å²) in [6.07, 6.45) is 5.01. The van der Waals surface area contributed by atoms with Gasteiger partial charge in [0.2, 0.25) is 5.91 Å². The maximum absolute atomic E-state index is 11.0. The third-order valence-electron chi connectivity index (χ3n) is 3.85. The molecule has 2 rings (SSSR count). The number of hydrogen-bond acceptors (Lipinski definition) is 3. The average Bonchev–Trinajstić information content (AvgIpc) is 2.92. The number of amides is 1. The van der Waals surface area contributed by atoms with Crippen LogP contribution in [-0.4, -0.2) is 35.1 Å². The number of aliphatic hydroxyl groups is 1. The molecular weight excluding hydrogens is 240 g/mol. The third kappa shape index (κ3) is 3.78. The standard InChI is InChI=1S/C15H22N2O2/c16-15(19)13-7-5-12(6-8-13)11-17(9-10-18)14-3-1-2-4-14/h5-8,14,18H,1-4,9-11H2,(H2,16,19). The van der Waals surface area contributed by atoms with Crippen molar-refractivity contribution in [1.29, 1.82) is 0 Å². The number of benzene rings is 1. The fourth-order valence-electron chi connectivity index (χ4n) is 2.80. The van der Waals surface area contributed by atoms with Crippen LogP contribution in [-0.2, 0) is 6.54 Å². The van der Waals surface area contributed by atoms with E-state index in [0.717, 1.165) is 12.1 Å². The largest absolute Gasteiger partial charge is 0.395 e. The van der Waals surface area contributed by atoms with Gasteiger partial charge in [0.15, 0.2) is 0 Å². The number of carbonyl (C=O) groups is 1. The molecule has 19 heavy (non-hydrogen) atoms. The van der Waals surface area contributed by atoms with E-state index in [1.807, 2.05) is 12.1 Å². The smallest absolute Gasteiger partial charge is 0.248 e. The summed E-state index contributed by atoms with van der Waals surface area (Å²) in [5.74, 6) is -0.394. The Labute approximate surface area is 114 Å². The van der Waals surface area contributed by atoms with Crippen molar-refractivity contribution in [3.63, 3.8) is 0 Å². The zero-order valence-corrected chi connectivity index (χ0v) is 11.2. The number of primary amides is 1. The molecule has 104 valence electrons. The number of rotatable bonds is 6. The van der Waals surface area contributed by atoms with Crippen LogP contribution in [0.3, 0.4) is 0 Å². The molecule has 0 bridgehead atoms. The lowest BCUT2D eigenvalue weighted by atomic mass is 10.1. The van der Waals surface area contributed by atoms with E-state index < -0.39 is 5.91 Å². The number of hydrogen-bond donors (Lipinski definition) is 2. The highest BCUT2D eigenvalue weighted by Gasteiger charge is 2.22. The van der Waals surface area contributed by atoms with Gasteiger partial charge in [-0.3, -0.25) is 9.69 Å². The highest BCUT2D eigenvalue weighted by atomic mass is 16.3. The van der Waals surface area contributed by atoms with E-state index in [2.05, 4.69) is 4.90 Å². The Morgan fingerprint density at radius 2 is 1.89 bits per heavy atom. The molecule has 0 saturated heterocycles. The predicted molar refractivity (Wildman–Crippen MR) is 74.7 cm³/mol. The topological polar surface area (TPSA) is 66.6 Å². The Morgan fingerprint density at radius 3 is 2.42 bits per heavy atom. The minimum atomic E-state index is -0.394. The molecule has 0 aliphatic heterocycles. The van der Waals surface area contributed by atoms with Crippen molar-refractivity contribution in [3.8, 4) is 0 Å². The Hall–Kier alpha value is -1.39. The second kappa shape index (κ2) is 6.68. The maximum Gasteiger partial charge on any atom is 0.248 e. The highest BCUT2D eigenvalue weighted by Crippen LogP contribution is 2.24. The molecule has 1 aliphatic carbocycles. The summed E-state index contributed by atoms with van der Waals surface area (Å²) in [7, 11) is 0. The van der Waals surface area contributed by atoms with Gasteiger partial charge in [-0.05, 0) is 30.5 Å². The summed E-state index contributed by atoms with van der Waals surface area (Å²) in [5.41, 5.74) is 6.93. The van der Waals surface area contributed by atoms with Crippen LogP contribution in [0.4, 0.5) is 0 Å². The monoisotopic (exact) mass is 262 g/mol. The first-order valence-electron chi connectivity index (χ1n) is 6.94. The van der Waals surface area contributed by atoms with E-state index in [4.69, 9.17) is 5.73 Å². The molecule has 1 fully saturated rings. The fraction of sp³-hybridized carbons (Fsp3) is 0.533. The zero-order valence-electron chi connectivity index (χ0n) is 11.2. The number of aliphatic hydroxyl groups excluding tert-OH is 1. The first kappa shape index (κ1) is 14.0. The van der Waals surface area contributed by atoms with Crippen LogP contribution in [0.25, 0.3) is 0 Å². The van der Waals surface area contributed by atoms with E-state index in [1.165, 1.54) is 25.7 Å². The van der Waals surface area contributed by atoms with Crippen molar-refractivity contribution in [2.45, 2.75) is 38.3 Å².